The van der Waals surface area contributed by atoms with Gasteiger partial charge in [0.2, 0.25) is 0 Å². The number of hydrogen-bond donors (Lipinski definition) is 1. The van der Waals surface area contributed by atoms with Gasteiger partial charge in [-0.25, -0.2) is 4.98 Å². The molecule has 0 fully saturated rings. The molecule has 68 valence electrons. The summed E-state index contributed by atoms with van der Waals surface area (Å²) in [7, 11) is 0. The number of rotatable bonds is 1. The maximum atomic E-state index is 9.09. The van der Waals surface area contributed by atoms with E-state index in [0.717, 1.165) is 22.2 Å². The van der Waals surface area contributed by atoms with Crippen molar-refractivity contribution in [3.63, 3.8) is 0 Å². The fraction of sp³-hybridized carbons (Fsp3) is 0.300. The second kappa shape index (κ2) is 2.85. The monoisotopic (exact) mass is 177 g/mol. The molecule has 2 rings (SSSR count). The Hall–Kier alpha value is -1.35. The zero-order valence-electron chi connectivity index (χ0n) is 7.66. The number of fused-ring (bicyclic) bond motifs is 1. The summed E-state index contributed by atoms with van der Waals surface area (Å²) >= 11 is 0. The molecule has 0 aliphatic carbocycles. The van der Waals surface area contributed by atoms with Crippen molar-refractivity contribution < 1.29 is 9.52 Å². The van der Waals surface area contributed by atoms with Crippen molar-refractivity contribution in [1.82, 2.24) is 4.98 Å². The highest BCUT2D eigenvalue weighted by atomic mass is 16.3. The van der Waals surface area contributed by atoms with E-state index in [1.165, 1.54) is 0 Å². The van der Waals surface area contributed by atoms with Crippen LogP contribution in [0.1, 0.15) is 17.0 Å². The van der Waals surface area contributed by atoms with Gasteiger partial charge in [0.1, 0.15) is 5.52 Å². The third-order valence-corrected chi connectivity index (χ3v) is 2.00. The number of oxazole rings is 1. The highest BCUT2D eigenvalue weighted by molar-refractivity contribution is 5.77. The largest absolute Gasteiger partial charge is 0.441 e. The average molecular weight is 177 g/mol. The molecule has 0 spiro atoms. The summed E-state index contributed by atoms with van der Waals surface area (Å²) in [6.07, 6.45) is 0. The van der Waals surface area contributed by atoms with Gasteiger partial charge in [0.15, 0.2) is 11.5 Å². The third kappa shape index (κ3) is 1.31. The molecule has 2 aromatic rings. The van der Waals surface area contributed by atoms with Crippen molar-refractivity contribution in [1.29, 1.82) is 0 Å². The van der Waals surface area contributed by atoms with Crippen molar-refractivity contribution >= 4 is 11.1 Å². The normalized spacial score (nSPS) is 11.0. The standard InChI is InChI=1S/C10H11NO2/c1-6-3-8(5-12)10-9(4-6)13-7(2)11-10/h3-4,12H,5H2,1-2H3. The first-order valence-electron chi connectivity index (χ1n) is 4.18. The third-order valence-electron chi connectivity index (χ3n) is 2.00. The zero-order valence-corrected chi connectivity index (χ0v) is 7.66. The molecule has 3 heteroatoms. The van der Waals surface area contributed by atoms with Crippen molar-refractivity contribution in [2.24, 2.45) is 0 Å². The number of nitrogens with zero attached hydrogens (tertiary/aromatic N) is 1. The fourth-order valence-corrected chi connectivity index (χ4v) is 1.48. The number of aryl methyl sites for hydroxylation is 2. The Labute approximate surface area is 76.0 Å². The topological polar surface area (TPSA) is 46.3 Å². The second-order valence-electron chi connectivity index (χ2n) is 3.16. The SMILES string of the molecule is Cc1cc(CO)c2nc(C)oc2c1. The Kier molecular flexibility index (Phi) is 1.81. The molecule has 1 aromatic heterocycles. The van der Waals surface area contributed by atoms with E-state index >= 15 is 0 Å². The minimum Gasteiger partial charge on any atom is -0.441 e. The molecule has 0 atom stereocenters. The van der Waals surface area contributed by atoms with E-state index in [9.17, 15) is 0 Å². The first-order chi connectivity index (χ1) is 6.20. The highest BCUT2D eigenvalue weighted by Gasteiger charge is 2.07. The Bertz CT molecular complexity index is 445. The average Bonchev–Trinajstić information content (AvgIpc) is 2.43. The van der Waals surface area contributed by atoms with Crippen molar-refractivity contribution in [2.45, 2.75) is 20.5 Å². The molecule has 1 aromatic carbocycles. The Morgan fingerprint density at radius 3 is 2.85 bits per heavy atom. The van der Waals surface area contributed by atoms with E-state index in [-0.39, 0.29) is 6.61 Å². The number of benzene rings is 1. The van der Waals surface area contributed by atoms with Gasteiger partial charge in [-0.05, 0) is 18.6 Å². The van der Waals surface area contributed by atoms with Crippen LogP contribution in [0.25, 0.3) is 11.1 Å². The van der Waals surface area contributed by atoms with E-state index in [4.69, 9.17) is 9.52 Å². The summed E-state index contributed by atoms with van der Waals surface area (Å²) in [5.74, 6) is 0.635. The van der Waals surface area contributed by atoms with Crippen molar-refractivity contribution in [3.8, 4) is 0 Å². The number of aliphatic hydroxyl groups is 1. The molecule has 0 aliphatic rings. The molecule has 0 unspecified atom stereocenters. The lowest BCUT2D eigenvalue weighted by atomic mass is 10.1. The smallest absolute Gasteiger partial charge is 0.192 e. The van der Waals surface area contributed by atoms with Crippen LogP contribution < -0.4 is 0 Å². The first-order valence-corrected chi connectivity index (χ1v) is 4.18. The van der Waals surface area contributed by atoms with Crippen LogP contribution >= 0.6 is 0 Å². The maximum Gasteiger partial charge on any atom is 0.192 e. The van der Waals surface area contributed by atoms with Crippen molar-refractivity contribution in [2.75, 3.05) is 0 Å². The van der Waals surface area contributed by atoms with Gasteiger partial charge in [-0.1, -0.05) is 6.07 Å². The predicted molar refractivity (Wildman–Crippen MR) is 49.4 cm³/mol. The van der Waals surface area contributed by atoms with Crippen LogP contribution in [0.3, 0.4) is 0 Å². The molecule has 13 heavy (non-hydrogen) atoms. The van der Waals surface area contributed by atoms with Crippen LogP contribution in [0.4, 0.5) is 0 Å². The summed E-state index contributed by atoms with van der Waals surface area (Å²) in [4.78, 5) is 4.20. The summed E-state index contributed by atoms with van der Waals surface area (Å²) in [6, 6.07) is 3.85. The molecule has 0 bridgehead atoms. The lowest BCUT2D eigenvalue weighted by Crippen LogP contribution is -1.86. The van der Waals surface area contributed by atoms with E-state index in [0.29, 0.717) is 5.89 Å². The van der Waals surface area contributed by atoms with Gasteiger partial charge >= 0.3 is 0 Å². The van der Waals surface area contributed by atoms with Crippen LogP contribution in [0.2, 0.25) is 0 Å². The van der Waals surface area contributed by atoms with Gasteiger partial charge in [0.05, 0.1) is 6.61 Å². The molecule has 1 N–H and O–H groups in total. The van der Waals surface area contributed by atoms with E-state index in [1.807, 2.05) is 19.1 Å². The van der Waals surface area contributed by atoms with Crippen LogP contribution in [0, 0.1) is 13.8 Å². The lowest BCUT2D eigenvalue weighted by molar-refractivity contribution is 0.283. The van der Waals surface area contributed by atoms with Gasteiger partial charge in [-0.2, -0.15) is 0 Å². The molecule has 0 aliphatic heterocycles. The van der Waals surface area contributed by atoms with E-state index in [1.54, 1.807) is 6.92 Å². The molecule has 0 saturated heterocycles. The second-order valence-corrected chi connectivity index (χ2v) is 3.16. The minimum atomic E-state index is 0.00412. The number of hydrogen-bond acceptors (Lipinski definition) is 3. The number of aromatic nitrogens is 1. The van der Waals surface area contributed by atoms with E-state index in [2.05, 4.69) is 4.98 Å². The summed E-state index contributed by atoms with van der Waals surface area (Å²) < 4.78 is 5.37. The van der Waals surface area contributed by atoms with Crippen LogP contribution in [-0.2, 0) is 6.61 Å². The quantitative estimate of drug-likeness (QED) is 0.724. The summed E-state index contributed by atoms with van der Waals surface area (Å²) in [5.41, 5.74) is 3.42. The highest BCUT2D eigenvalue weighted by Crippen LogP contribution is 2.21. The van der Waals surface area contributed by atoms with E-state index < -0.39 is 0 Å². The van der Waals surface area contributed by atoms with Crippen LogP contribution in [-0.4, -0.2) is 10.1 Å². The Balaban J connectivity index is 2.80. The summed E-state index contributed by atoms with van der Waals surface area (Å²) in [5, 5.41) is 9.09. The van der Waals surface area contributed by atoms with Crippen LogP contribution in [0.15, 0.2) is 16.5 Å². The van der Waals surface area contributed by atoms with Crippen molar-refractivity contribution in [3.05, 3.63) is 29.2 Å². The van der Waals surface area contributed by atoms with Gasteiger partial charge in [0.25, 0.3) is 0 Å². The predicted octanol–water partition coefficient (Wildman–Crippen LogP) is 1.94. The maximum absolute atomic E-state index is 9.09. The van der Waals surface area contributed by atoms with Gasteiger partial charge in [-0.3, -0.25) is 0 Å². The molecule has 0 radical (unpaired) electrons. The fourth-order valence-electron chi connectivity index (χ4n) is 1.48. The Morgan fingerprint density at radius 1 is 1.38 bits per heavy atom. The lowest BCUT2D eigenvalue weighted by Gasteiger charge is -1.97. The van der Waals surface area contributed by atoms with Gasteiger partial charge in [-0.15, -0.1) is 0 Å². The van der Waals surface area contributed by atoms with Gasteiger partial charge < -0.3 is 9.52 Å². The number of aliphatic hydroxyl groups excluding tert-OH is 1. The first kappa shape index (κ1) is 8.26. The molecule has 1 heterocycles. The molecular formula is C10H11NO2. The van der Waals surface area contributed by atoms with Crippen LogP contribution in [0.5, 0.6) is 0 Å². The molecule has 0 saturated carbocycles. The molecule has 3 nitrogen and oxygen atoms in total. The minimum absolute atomic E-state index is 0.00412. The van der Waals surface area contributed by atoms with Gasteiger partial charge in [0, 0.05) is 12.5 Å². The summed E-state index contributed by atoms with van der Waals surface area (Å²) in [6.45, 7) is 3.77. The zero-order chi connectivity index (χ0) is 9.42. The Morgan fingerprint density at radius 2 is 2.15 bits per heavy atom. The molecule has 0 amide bonds. The molecular weight excluding hydrogens is 166 g/mol.